The average molecular weight is 665 g/mol. The third-order valence-electron chi connectivity index (χ3n) is 5.24. The van der Waals surface area contributed by atoms with Gasteiger partial charge in [0, 0.05) is 28.7 Å². The summed E-state index contributed by atoms with van der Waals surface area (Å²) in [7, 11) is 0. The van der Waals surface area contributed by atoms with Crippen LogP contribution in [0.15, 0.2) is 44.2 Å². The van der Waals surface area contributed by atoms with Crippen LogP contribution in [0.25, 0.3) is 6.08 Å². The first-order valence-corrected chi connectivity index (χ1v) is 13.6. The molecule has 0 unspecified atom stereocenters. The molecule has 0 atom stereocenters. The number of morpholine rings is 1. The number of benzene rings is 2. The van der Waals surface area contributed by atoms with Crippen LogP contribution in [0, 0.1) is 0 Å². The van der Waals surface area contributed by atoms with Crippen LogP contribution in [-0.4, -0.2) is 59.7 Å². The van der Waals surface area contributed by atoms with Gasteiger partial charge < -0.3 is 14.4 Å². The number of hydrogen-bond acceptors (Lipinski definition) is 6. The minimum atomic E-state index is -0.494. The summed E-state index contributed by atoms with van der Waals surface area (Å²) in [6.07, 6.45) is 1.61. The van der Waals surface area contributed by atoms with Gasteiger partial charge in [-0.15, -0.1) is 0 Å². The molecule has 2 aromatic rings. The van der Waals surface area contributed by atoms with Gasteiger partial charge in [-0.25, -0.2) is 0 Å². The maximum Gasteiger partial charge on any atom is 0.294 e. The number of hydrogen-bond donors (Lipinski definition) is 0. The van der Waals surface area contributed by atoms with Gasteiger partial charge in [0.15, 0.2) is 0 Å². The van der Waals surface area contributed by atoms with E-state index in [9.17, 15) is 14.4 Å². The van der Waals surface area contributed by atoms with Gasteiger partial charge in [-0.05, 0) is 79.5 Å². The van der Waals surface area contributed by atoms with Crippen molar-refractivity contribution in [2.45, 2.75) is 6.61 Å². The summed E-state index contributed by atoms with van der Waals surface area (Å²) in [5, 5.41) is 0.574. The average Bonchev–Trinajstić information content (AvgIpc) is 3.07. The normalized spacial score (nSPS) is 17.4. The Bertz CT molecular complexity index is 1200. The minimum absolute atomic E-state index is 0.225. The lowest BCUT2D eigenvalue weighted by atomic mass is 10.2. The van der Waals surface area contributed by atoms with Crippen LogP contribution in [0.2, 0.25) is 10.0 Å². The third-order valence-corrected chi connectivity index (χ3v) is 7.91. The number of thioether (sulfide) groups is 1. The van der Waals surface area contributed by atoms with Crippen molar-refractivity contribution in [3.05, 3.63) is 65.4 Å². The van der Waals surface area contributed by atoms with Crippen molar-refractivity contribution in [3.63, 3.8) is 0 Å². The van der Waals surface area contributed by atoms with E-state index in [1.54, 1.807) is 41.3 Å². The van der Waals surface area contributed by atoms with E-state index in [0.29, 0.717) is 56.6 Å². The van der Waals surface area contributed by atoms with Crippen molar-refractivity contribution in [2.24, 2.45) is 0 Å². The molecule has 0 N–H and O–H groups in total. The van der Waals surface area contributed by atoms with E-state index in [1.807, 2.05) is 0 Å². The predicted octanol–water partition coefficient (Wildman–Crippen LogP) is 5.99. The summed E-state index contributed by atoms with van der Waals surface area (Å²) >= 11 is 20.0. The Labute approximate surface area is 232 Å². The first-order chi connectivity index (χ1) is 16.7. The molecule has 0 bridgehead atoms. The number of nitrogens with zero attached hydrogens (tertiary/aromatic N) is 2. The standard InChI is InChI=1S/C23H18Br2Cl2N2O5S/c24-16-7-13(8-17(25)21(16)34-12-14-1-2-15(26)10-18(14)27)9-19-22(31)29(23(32)35-19)11-20(30)28-3-5-33-6-4-28/h1-2,7-10H,3-6,11-12H2/b19-9+. The lowest BCUT2D eigenvalue weighted by molar-refractivity contribution is -0.139. The maximum absolute atomic E-state index is 12.8. The SMILES string of the molecule is O=C(CN1C(=O)S/C(=C/c2cc(Br)c(OCc3ccc(Cl)cc3Cl)c(Br)c2)C1=O)N1CCOCC1. The number of carbonyl (C=O) groups excluding carboxylic acids is 3. The molecule has 2 aliphatic heterocycles. The van der Waals surface area contributed by atoms with E-state index in [2.05, 4.69) is 31.9 Å². The van der Waals surface area contributed by atoms with Gasteiger partial charge in [0.1, 0.15) is 18.9 Å². The minimum Gasteiger partial charge on any atom is -0.486 e. The van der Waals surface area contributed by atoms with Gasteiger partial charge in [0.05, 0.1) is 27.1 Å². The zero-order chi connectivity index (χ0) is 25.1. The molecule has 2 aromatic carbocycles. The summed E-state index contributed by atoms with van der Waals surface area (Å²) in [6, 6.07) is 8.73. The van der Waals surface area contributed by atoms with Crippen LogP contribution in [0.4, 0.5) is 4.79 Å². The quantitative estimate of drug-likeness (QED) is 0.353. The van der Waals surface area contributed by atoms with Crippen LogP contribution in [0.3, 0.4) is 0 Å². The summed E-state index contributed by atoms with van der Waals surface area (Å²) < 4.78 is 12.5. The smallest absolute Gasteiger partial charge is 0.294 e. The molecule has 2 heterocycles. The fraction of sp³-hybridized carbons (Fsp3) is 0.261. The molecule has 35 heavy (non-hydrogen) atoms. The van der Waals surface area contributed by atoms with Gasteiger partial charge in [-0.1, -0.05) is 29.3 Å². The molecule has 4 rings (SSSR count). The second-order valence-corrected chi connectivity index (χ2v) is 11.1. The summed E-state index contributed by atoms with van der Waals surface area (Å²) in [4.78, 5) is 40.6. The fourth-order valence-electron chi connectivity index (χ4n) is 3.43. The number of rotatable bonds is 6. The highest BCUT2D eigenvalue weighted by atomic mass is 79.9. The highest BCUT2D eigenvalue weighted by molar-refractivity contribution is 9.11. The van der Waals surface area contributed by atoms with Gasteiger partial charge in [0.25, 0.3) is 11.1 Å². The Hall–Kier alpha value is -1.56. The first kappa shape index (κ1) is 26.5. The van der Waals surface area contributed by atoms with Crippen molar-refractivity contribution in [3.8, 4) is 5.75 Å². The van der Waals surface area contributed by atoms with E-state index in [0.717, 1.165) is 22.2 Å². The summed E-state index contributed by atoms with van der Waals surface area (Å²) in [5.41, 5.74) is 1.45. The molecular weight excluding hydrogens is 647 g/mol. The Balaban J connectivity index is 1.45. The third kappa shape index (κ3) is 6.42. The topological polar surface area (TPSA) is 76.2 Å². The van der Waals surface area contributed by atoms with E-state index < -0.39 is 11.1 Å². The molecule has 0 aliphatic carbocycles. The van der Waals surface area contributed by atoms with Crippen LogP contribution in [0.1, 0.15) is 11.1 Å². The van der Waals surface area contributed by atoms with Gasteiger partial charge in [0.2, 0.25) is 5.91 Å². The lowest BCUT2D eigenvalue weighted by Crippen LogP contribution is -2.46. The van der Waals surface area contributed by atoms with Gasteiger partial charge in [-0.2, -0.15) is 0 Å². The fourth-order valence-corrected chi connectivity index (χ4v) is 6.18. The highest BCUT2D eigenvalue weighted by Gasteiger charge is 2.37. The molecule has 0 aromatic heterocycles. The van der Waals surface area contributed by atoms with E-state index in [1.165, 1.54) is 0 Å². The Kier molecular flexibility index (Phi) is 8.83. The summed E-state index contributed by atoms with van der Waals surface area (Å²) in [6.45, 7) is 1.74. The van der Waals surface area contributed by atoms with Crippen LogP contribution >= 0.6 is 66.8 Å². The first-order valence-electron chi connectivity index (χ1n) is 10.4. The molecule has 2 fully saturated rings. The molecule has 3 amide bonds. The number of amides is 3. The molecule has 0 spiro atoms. The summed E-state index contributed by atoms with van der Waals surface area (Å²) in [5.74, 6) is -0.214. The zero-order valence-electron chi connectivity index (χ0n) is 18.1. The number of ether oxygens (including phenoxy) is 2. The molecular formula is C23H18Br2Cl2N2O5S. The van der Waals surface area contributed by atoms with Crippen molar-refractivity contribution >= 4 is 90.0 Å². The van der Waals surface area contributed by atoms with Gasteiger partial charge >= 0.3 is 0 Å². The predicted molar refractivity (Wildman–Crippen MR) is 143 cm³/mol. The van der Waals surface area contributed by atoms with E-state index >= 15 is 0 Å². The number of imide groups is 1. The number of carbonyl (C=O) groups is 3. The molecule has 0 radical (unpaired) electrons. The highest BCUT2D eigenvalue weighted by Crippen LogP contribution is 2.38. The van der Waals surface area contributed by atoms with E-state index in [4.69, 9.17) is 32.7 Å². The van der Waals surface area contributed by atoms with Gasteiger partial charge in [-0.3, -0.25) is 19.3 Å². The number of halogens is 4. The molecule has 0 saturated carbocycles. The maximum atomic E-state index is 12.8. The van der Waals surface area contributed by atoms with E-state index in [-0.39, 0.29) is 24.0 Å². The second kappa shape index (κ2) is 11.7. The monoisotopic (exact) mass is 662 g/mol. The second-order valence-electron chi connectivity index (χ2n) is 7.60. The zero-order valence-corrected chi connectivity index (χ0v) is 23.6. The lowest BCUT2D eigenvalue weighted by Gasteiger charge is -2.28. The van der Waals surface area contributed by atoms with Crippen molar-refractivity contribution in [1.29, 1.82) is 0 Å². The molecule has 12 heteroatoms. The molecule has 184 valence electrons. The van der Waals surface area contributed by atoms with Crippen molar-refractivity contribution in [1.82, 2.24) is 9.80 Å². The van der Waals surface area contributed by atoms with Crippen molar-refractivity contribution < 1.29 is 23.9 Å². The molecule has 2 aliphatic rings. The largest absolute Gasteiger partial charge is 0.486 e. The Morgan fingerprint density at radius 1 is 1.11 bits per heavy atom. The molecule has 2 saturated heterocycles. The Morgan fingerprint density at radius 3 is 2.46 bits per heavy atom. The van der Waals surface area contributed by atoms with Crippen molar-refractivity contribution in [2.75, 3.05) is 32.8 Å². The Morgan fingerprint density at radius 2 is 1.80 bits per heavy atom. The molecule has 7 nitrogen and oxygen atoms in total. The van der Waals surface area contributed by atoms with Crippen LogP contribution in [0.5, 0.6) is 5.75 Å². The van der Waals surface area contributed by atoms with Crippen LogP contribution < -0.4 is 4.74 Å². The van der Waals surface area contributed by atoms with Crippen LogP contribution in [-0.2, 0) is 20.9 Å².